The number of hydrogen-bond donors (Lipinski definition) is 3. The average molecular weight is 522 g/mol. The normalized spacial score (nSPS) is 28.8. The predicted molar refractivity (Wildman–Crippen MR) is 120 cm³/mol. The van der Waals surface area contributed by atoms with Gasteiger partial charge in [-0.05, 0) is 23.3 Å². The van der Waals surface area contributed by atoms with Crippen LogP contribution in [-0.2, 0) is 16.0 Å². The Morgan fingerprint density at radius 3 is 2.42 bits per heavy atom. The molecule has 5 atom stereocenters. The van der Waals surface area contributed by atoms with Gasteiger partial charge in [0.15, 0.2) is 11.2 Å². The monoisotopic (exact) mass is 521 g/mol. The molecule has 1 aromatic heterocycles. The van der Waals surface area contributed by atoms with Gasteiger partial charge in [0, 0.05) is 24.1 Å². The van der Waals surface area contributed by atoms with Crippen LogP contribution in [0.25, 0.3) is 0 Å². The topological polar surface area (TPSA) is 109 Å². The molecule has 7 nitrogen and oxygen atoms in total. The van der Waals surface area contributed by atoms with Crippen LogP contribution in [0.2, 0.25) is 5.02 Å². The van der Waals surface area contributed by atoms with Crippen LogP contribution in [0.3, 0.4) is 0 Å². The van der Waals surface area contributed by atoms with Crippen LogP contribution < -0.4 is 9.47 Å². The number of carboxylic acid groups (broad SMARTS) is 1. The number of nitrogens with zero attached hydrogens (tertiary/aromatic N) is 1. The Hall–Kier alpha value is -3.34. The van der Waals surface area contributed by atoms with Crippen molar-refractivity contribution >= 4 is 17.6 Å². The minimum absolute atomic E-state index is 0.0520. The molecule has 1 aliphatic carbocycles. The highest BCUT2D eigenvalue weighted by Crippen LogP contribution is 2.68. The third-order valence-corrected chi connectivity index (χ3v) is 7.01. The lowest BCUT2D eigenvalue weighted by molar-refractivity contribution is -0.274. The molecular weight excluding hydrogens is 503 g/mol. The molecule has 36 heavy (non-hydrogen) atoms. The Morgan fingerprint density at radius 1 is 1.14 bits per heavy atom. The third kappa shape index (κ3) is 3.59. The predicted octanol–water partition coefficient (Wildman–Crippen LogP) is 4.36. The number of aliphatic hydroxyl groups excluding tert-OH is 1. The minimum Gasteiger partial charge on any atom is -0.481 e. The summed E-state index contributed by atoms with van der Waals surface area (Å²) < 4.78 is 48.6. The first-order valence-electron chi connectivity index (χ1n) is 10.9. The molecule has 2 aromatic carbocycles. The van der Waals surface area contributed by atoms with Crippen molar-refractivity contribution < 1.29 is 42.8 Å². The lowest BCUT2D eigenvalue weighted by atomic mass is 9.71. The molecule has 188 valence electrons. The standard InChI is InChI=1S/C25H19ClF3NO6/c26-15-10-18-21(30-12-15)23(34)22(33)17(11-19(31)32)20(13-4-2-1-3-5-13)24(23,36-18)14-6-8-16(9-7-14)35-25(27,28)29/h1-10,12,17,20,22,33-34H,11H2,(H,31,32)/t17-,20-,22-,23+,24+/m1/s1. The molecule has 1 saturated carbocycles. The summed E-state index contributed by atoms with van der Waals surface area (Å²) in [5.74, 6) is -3.64. The number of aliphatic hydroxyl groups is 2. The number of carboxylic acids is 1. The van der Waals surface area contributed by atoms with E-state index in [9.17, 15) is 33.3 Å². The average Bonchev–Trinajstić information content (AvgIpc) is 3.16. The lowest BCUT2D eigenvalue weighted by Crippen LogP contribution is -2.52. The first-order chi connectivity index (χ1) is 17.0. The van der Waals surface area contributed by atoms with E-state index in [0.29, 0.717) is 5.56 Å². The number of hydrogen-bond acceptors (Lipinski definition) is 6. The Morgan fingerprint density at radius 2 is 1.81 bits per heavy atom. The van der Waals surface area contributed by atoms with E-state index in [1.807, 2.05) is 0 Å². The summed E-state index contributed by atoms with van der Waals surface area (Å²) in [5, 5.41) is 33.6. The Bertz CT molecular complexity index is 1310. The Labute approximate surface area is 207 Å². The molecule has 0 spiro atoms. The summed E-state index contributed by atoms with van der Waals surface area (Å²) in [7, 11) is 0. The van der Waals surface area contributed by atoms with E-state index in [1.165, 1.54) is 24.4 Å². The van der Waals surface area contributed by atoms with Gasteiger partial charge in [-0.15, -0.1) is 13.2 Å². The fraction of sp³-hybridized carbons (Fsp3) is 0.280. The second-order valence-electron chi connectivity index (χ2n) is 8.77. The van der Waals surface area contributed by atoms with Gasteiger partial charge in [0.2, 0.25) is 0 Å². The van der Waals surface area contributed by atoms with Gasteiger partial charge in [0.1, 0.15) is 17.2 Å². The third-order valence-electron chi connectivity index (χ3n) is 6.80. The number of pyridine rings is 1. The first-order valence-corrected chi connectivity index (χ1v) is 11.2. The molecular formula is C25H19ClF3NO6. The molecule has 2 heterocycles. The maximum Gasteiger partial charge on any atom is 0.573 e. The number of rotatable bonds is 5. The molecule has 0 radical (unpaired) electrons. The van der Waals surface area contributed by atoms with Crippen molar-refractivity contribution in [1.29, 1.82) is 0 Å². The molecule has 0 bridgehead atoms. The lowest BCUT2D eigenvalue weighted by Gasteiger charge is -2.40. The number of fused-ring (bicyclic) bond motifs is 3. The van der Waals surface area contributed by atoms with Crippen LogP contribution in [0.15, 0.2) is 66.9 Å². The second-order valence-corrected chi connectivity index (χ2v) is 9.21. The SMILES string of the molecule is O=C(O)C[C@H]1[C@@H](O)[C@@]2(O)c3ncc(Cl)cc3O[C@@]2(c2ccc(OC(F)(F)F)cc2)[C@@H]1c1ccccc1. The molecule has 1 fully saturated rings. The molecule has 1 aliphatic heterocycles. The maximum absolute atomic E-state index is 12.7. The zero-order chi connectivity index (χ0) is 25.9. The largest absolute Gasteiger partial charge is 0.573 e. The van der Waals surface area contributed by atoms with Crippen LogP contribution in [0.4, 0.5) is 13.2 Å². The van der Waals surface area contributed by atoms with E-state index in [1.54, 1.807) is 30.3 Å². The van der Waals surface area contributed by atoms with Crippen LogP contribution in [0.5, 0.6) is 11.5 Å². The minimum atomic E-state index is -4.91. The van der Waals surface area contributed by atoms with Crippen molar-refractivity contribution in [1.82, 2.24) is 4.98 Å². The summed E-state index contributed by atoms with van der Waals surface area (Å²) in [6, 6.07) is 14.7. The molecule has 2 aliphatic rings. The van der Waals surface area contributed by atoms with E-state index < -0.39 is 53.6 Å². The fourth-order valence-electron chi connectivity index (χ4n) is 5.60. The van der Waals surface area contributed by atoms with Crippen LogP contribution in [-0.4, -0.2) is 38.7 Å². The molecule has 11 heteroatoms. The van der Waals surface area contributed by atoms with Gasteiger partial charge < -0.3 is 24.8 Å². The quantitative estimate of drug-likeness (QED) is 0.458. The van der Waals surface area contributed by atoms with E-state index in [2.05, 4.69) is 9.72 Å². The van der Waals surface area contributed by atoms with Crippen molar-refractivity contribution in [3.63, 3.8) is 0 Å². The van der Waals surface area contributed by atoms with Gasteiger partial charge >= 0.3 is 12.3 Å². The number of benzene rings is 2. The Kier molecular flexibility index (Phi) is 5.66. The van der Waals surface area contributed by atoms with Gasteiger partial charge in [-0.3, -0.25) is 9.78 Å². The smallest absolute Gasteiger partial charge is 0.481 e. The van der Waals surface area contributed by atoms with Crippen molar-refractivity contribution in [2.45, 2.75) is 36.0 Å². The zero-order valence-electron chi connectivity index (χ0n) is 18.3. The Balaban J connectivity index is 1.77. The summed E-state index contributed by atoms with van der Waals surface area (Å²) in [6.45, 7) is 0. The highest BCUT2D eigenvalue weighted by molar-refractivity contribution is 6.30. The van der Waals surface area contributed by atoms with Crippen molar-refractivity contribution in [2.75, 3.05) is 0 Å². The first kappa shape index (κ1) is 24.4. The molecule has 5 rings (SSSR count). The number of aliphatic carboxylic acids is 1. The number of halogens is 4. The zero-order valence-corrected chi connectivity index (χ0v) is 19.1. The molecule has 3 N–H and O–H groups in total. The summed E-state index contributed by atoms with van der Waals surface area (Å²) >= 11 is 6.10. The molecule has 0 amide bonds. The van der Waals surface area contributed by atoms with Gasteiger partial charge in [-0.1, -0.05) is 54.1 Å². The van der Waals surface area contributed by atoms with Crippen LogP contribution in [0, 0.1) is 5.92 Å². The van der Waals surface area contributed by atoms with Gasteiger partial charge in [0.05, 0.1) is 17.5 Å². The van der Waals surface area contributed by atoms with Crippen molar-refractivity contribution in [2.24, 2.45) is 5.92 Å². The maximum atomic E-state index is 12.7. The van der Waals surface area contributed by atoms with E-state index in [4.69, 9.17) is 16.3 Å². The highest BCUT2D eigenvalue weighted by Gasteiger charge is 2.76. The van der Waals surface area contributed by atoms with Crippen molar-refractivity contribution in [3.05, 3.63) is 88.7 Å². The fourth-order valence-corrected chi connectivity index (χ4v) is 5.75. The van der Waals surface area contributed by atoms with E-state index in [0.717, 1.165) is 12.1 Å². The van der Waals surface area contributed by atoms with E-state index in [-0.39, 0.29) is 22.0 Å². The number of carbonyl (C=O) groups is 1. The van der Waals surface area contributed by atoms with Gasteiger partial charge in [-0.25, -0.2) is 0 Å². The molecule has 3 aromatic rings. The van der Waals surface area contributed by atoms with Gasteiger partial charge in [0.25, 0.3) is 0 Å². The number of aromatic nitrogens is 1. The van der Waals surface area contributed by atoms with Crippen LogP contribution >= 0.6 is 11.6 Å². The molecule has 0 unspecified atom stereocenters. The molecule has 0 saturated heterocycles. The van der Waals surface area contributed by atoms with Gasteiger partial charge in [-0.2, -0.15) is 0 Å². The van der Waals surface area contributed by atoms with Crippen molar-refractivity contribution in [3.8, 4) is 11.5 Å². The van der Waals surface area contributed by atoms with Crippen LogP contribution in [0.1, 0.15) is 29.2 Å². The highest BCUT2D eigenvalue weighted by atomic mass is 35.5. The summed E-state index contributed by atoms with van der Waals surface area (Å²) in [4.78, 5) is 16.0. The summed E-state index contributed by atoms with van der Waals surface area (Å²) in [5.41, 5.74) is -3.43. The second kappa shape index (κ2) is 8.36. The number of alkyl halides is 3. The van der Waals surface area contributed by atoms with E-state index >= 15 is 0 Å². The summed E-state index contributed by atoms with van der Waals surface area (Å²) in [6.07, 6.45) is -5.84. The number of ether oxygens (including phenoxy) is 2.